The van der Waals surface area contributed by atoms with Gasteiger partial charge in [-0.3, -0.25) is 0 Å². The van der Waals surface area contributed by atoms with E-state index in [-0.39, 0.29) is 17.7 Å². The Kier molecular flexibility index (Phi) is 4.77. The highest BCUT2D eigenvalue weighted by Gasteiger charge is 2.29. The predicted octanol–water partition coefficient (Wildman–Crippen LogP) is 2.69. The van der Waals surface area contributed by atoms with Crippen LogP contribution in [0.4, 0.5) is 0 Å². The van der Waals surface area contributed by atoms with Gasteiger partial charge in [0.1, 0.15) is 0 Å². The van der Waals surface area contributed by atoms with Gasteiger partial charge in [0.2, 0.25) is 0 Å². The summed E-state index contributed by atoms with van der Waals surface area (Å²) >= 11 is 12.0. The van der Waals surface area contributed by atoms with E-state index in [1.165, 1.54) is 0 Å². The Bertz CT molecular complexity index is 560. The quantitative estimate of drug-likeness (QED) is 0.927. The third kappa shape index (κ3) is 4.35. The third-order valence-corrected chi connectivity index (χ3v) is 5.89. The van der Waals surface area contributed by atoms with Crippen LogP contribution in [0.5, 0.6) is 0 Å². The molecule has 3 nitrogen and oxygen atoms in total. The molecule has 1 aromatic carbocycles. The van der Waals surface area contributed by atoms with Gasteiger partial charge < -0.3 is 5.73 Å². The van der Waals surface area contributed by atoms with E-state index in [4.69, 9.17) is 28.9 Å². The number of hydrogen-bond acceptors (Lipinski definition) is 3. The summed E-state index contributed by atoms with van der Waals surface area (Å²) in [6.45, 7) is 0. The molecule has 1 saturated heterocycles. The van der Waals surface area contributed by atoms with Crippen LogP contribution in [0.1, 0.15) is 18.4 Å². The lowest BCUT2D eigenvalue weighted by Crippen LogP contribution is -2.26. The molecule has 2 rings (SSSR count). The first-order valence-electron chi connectivity index (χ1n) is 6.25. The van der Waals surface area contributed by atoms with Crippen molar-refractivity contribution in [1.29, 1.82) is 0 Å². The molecule has 106 valence electrons. The maximum Gasteiger partial charge on any atom is 0.150 e. The Hall–Kier alpha value is -0.290. The molecule has 1 aromatic rings. The van der Waals surface area contributed by atoms with E-state index in [0.29, 0.717) is 28.6 Å². The van der Waals surface area contributed by atoms with E-state index in [2.05, 4.69) is 0 Å². The van der Waals surface area contributed by atoms with Gasteiger partial charge in [-0.2, -0.15) is 0 Å². The summed E-state index contributed by atoms with van der Waals surface area (Å²) in [5, 5.41) is 1.29. The number of rotatable bonds is 4. The van der Waals surface area contributed by atoms with Crippen molar-refractivity contribution in [2.45, 2.75) is 25.3 Å². The van der Waals surface area contributed by atoms with E-state index in [1.807, 2.05) is 6.07 Å². The molecule has 0 amide bonds. The molecule has 0 aromatic heterocycles. The highest BCUT2D eigenvalue weighted by molar-refractivity contribution is 7.91. The van der Waals surface area contributed by atoms with Gasteiger partial charge in [-0.15, -0.1) is 0 Å². The fourth-order valence-electron chi connectivity index (χ4n) is 2.55. The second-order valence-corrected chi connectivity index (χ2v) is 8.28. The summed E-state index contributed by atoms with van der Waals surface area (Å²) in [5.41, 5.74) is 7.02. The maximum atomic E-state index is 11.4. The fourth-order valence-corrected chi connectivity index (χ4v) is 4.82. The van der Waals surface area contributed by atoms with Crippen molar-refractivity contribution in [2.24, 2.45) is 11.7 Å². The van der Waals surface area contributed by atoms with Gasteiger partial charge in [0.05, 0.1) is 11.5 Å². The minimum absolute atomic E-state index is 0.0886. The van der Waals surface area contributed by atoms with Gasteiger partial charge in [0.15, 0.2) is 9.84 Å². The first-order valence-corrected chi connectivity index (χ1v) is 8.83. The number of halogens is 2. The molecule has 2 N–H and O–H groups in total. The number of sulfone groups is 1. The van der Waals surface area contributed by atoms with Crippen molar-refractivity contribution in [3.8, 4) is 0 Å². The number of benzene rings is 1. The average molecular weight is 322 g/mol. The van der Waals surface area contributed by atoms with Crippen molar-refractivity contribution in [2.75, 3.05) is 11.5 Å². The van der Waals surface area contributed by atoms with Crippen LogP contribution in [-0.2, 0) is 16.3 Å². The second kappa shape index (κ2) is 6.00. The molecular formula is C13H17Cl2NO2S. The molecule has 6 heteroatoms. The van der Waals surface area contributed by atoms with Crippen molar-refractivity contribution in [1.82, 2.24) is 0 Å². The van der Waals surface area contributed by atoms with E-state index >= 15 is 0 Å². The van der Waals surface area contributed by atoms with Crippen LogP contribution in [0.3, 0.4) is 0 Å². The third-order valence-electron chi connectivity index (χ3n) is 3.45. The lowest BCUT2D eigenvalue weighted by molar-refractivity contribution is 0.468. The van der Waals surface area contributed by atoms with Gasteiger partial charge in [-0.25, -0.2) is 8.42 Å². The highest BCUT2D eigenvalue weighted by atomic mass is 35.5. The first kappa shape index (κ1) is 15.1. The average Bonchev–Trinajstić information content (AvgIpc) is 2.63. The molecule has 0 bridgehead atoms. The molecule has 2 unspecified atom stereocenters. The van der Waals surface area contributed by atoms with Crippen molar-refractivity contribution in [3.05, 3.63) is 33.8 Å². The minimum Gasteiger partial charge on any atom is -0.327 e. The summed E-state index contributed by atoms with van der Waals surface area (Å²) in [5.74, 6) is 0.740. The Morgan fingerprint density at radius 1 is 1.37 bits per heavy atom. The smallest absolute Gasteiger partial charge is 0.150 e. The molecular weight excluding hydrogens is 305 g/mol. The summed E-state index contributed by atoms with van der Waals surface area (Å²) in [7, 11) is -2.83. The molecule has 0 aliphatic carbocycles. The first-order chi connectivity index (χ1) is 8.85. The Labute approximate surface area is 124 Å². The van der Waals surface area contributed by atoms with Crippen LogP contribution in [0.25, 0.3) is 0 Å². The molecule has 0 spiro atoms. The summed E-state index contributed by atoms with van der Waals surface area (Å²) in [4.78, 5) is 0. The Balaban J connectivity index is 1.94. The molecule has 2 atom stereocenters. The lowest BCUT2D eigenvalue weighted by Gasteiger charge is -2.16. The SMILES string of the molecule is NC(Cc1cc(Cl)ccc1Cl)CC1CCS(=O)(=O)C1. The predicted molar refractivity (Wildman–Crippen MR) is 79.5 cm³/mol. The van der Waals surface area contributed by atoms with E-state index < -0.39 is 9.84 Å². The standard InChI is InChI=1S/C13H17Cl2NO2S/c14-11-1-2-13(15)10(6-11)7-12(16)5-9-3-4-19(17,18)8-9/h1-2,6,9,12H,3-5,7-8,16H2. The maximum absolute atomic E-state index is 11.4. The van der Waals surface area contributed by atoms with Crippen molar-refractivity contribution >= 4 is 33.0 Å². The molecule has 1 fully saturated rings. The number of hydrogen-bond donors (Lipinski definition) is 1. The highest BCUT2D eigenvalue weighted by Crippen LogP contribution is 2.26. The fraction of sp³-hybridized carbons (Fsp3) is 0.538. The van der Waals surface area contributed by atoms with E-state index in [1.54, 1.807) is 12.1 Å². The molecule has 0 radical (unpaired) electrons. The van der Waals surface area contributed by atoms with Crippen LogP contribution in [0.15, 0.2) is 18.2 Å². The van der Waals surface area contributed by atoms with Crippen LogP contribution in [0, 0.1) is 5.92 Å². The van der Waals surface area contributed by atoms with E-state index in [9.17, 15) is 8.42 Å². The van der Waals surface area contributed by atoms with E-state index in [0.717, 1.165) is 12.0 Å². The van der Waals surface area contributed by atoms with Gasteiger partial charge in [-0.05, 0) is 48.9 Å². The van der Waals surface area contributed by atoms with Crippen LogP contribution < -0.4 is 5.73 Å². The number of nitrogens with two attached hydrogens (primary N) is 1. The second-order valence-electron chi connectivity index (χ2n) is 5.20. The molecule has 19 heavy (non-hydrogen) atoms. The topological polar surface area (TPSA) is 60.2 Å². The van der Waals surface area contributed by atoms with Crippen LogP contribution >= 0.6 is 23.2 Å². The zero-order chi connectivity index (χ0) is 14.0. The van der Waals surface area contributed by atoms with Gasteiger partial charge in [0, 0.05) is 16.1 Å². The van der Waals surface area contributed by atoms with Gasteiger partial charge in [-0.1, -0.05) is 23.2 Å². The molecule has 0 saturated carbocycles. The largest absolute Gasteiger partial charge is 0.327 e. The van der Waals surface area contributed by atoms with Crippen LogP contribution in [0.2, 0.25) is 10.0 Å². The molecule has 1 aliphatic heterocycles. The molecule has 1 heterocycles. The minimum atomic E-state index is -2.83. The van der Waals surface area contributed by atoms with Gasteiger partial charge >= 0.3 is 0 Å². The van der Waals surface area contributed by atoms with Gasteiger partial charge in [0.25, 0.3) is 0 Å². The van der Waals surface area contributed by atoms with Crippen molar-refractivity contribution < 1.29 is 8.42 Å². The zero-order valence-electron chi connectivity index (χ0n) is 10.5. The monoisotopic (exact) mass is 321 g/mol. The summed E-state index contributed by atoms with van der Waals surface area (Å²) in [6, 6.07) is 5.22. The zero-order valence-corrected chi connectivity index (χ0v) is 12.8. The Morgan fingerprint density at radius 3 is 2.74 bits per heavy atom. The normalized spacial score (nSPS) is 23.4. The Morgan fingerprint density at radius 2 is 2.11 bits per heavy atom. The lowest BCUT2D eigenvalue weighted by atomic mass is 9.95. The van der Waals surface area contributed by atoms with Crippen LogP contribution in [-0.4, -0.2) is 26.0 Å². The summed E-state index contributed by atoms with van der Waals surface area (Å²) in [6.07, 6.45) is 2.05. The summed E-state index contributed by atoms with van der Waals surface area (Å²) < 4.78 is 22.8. The van der Waals surface area contributed by atoms with Crippen molar-refractivity contribution in [3.63, 3.8) is 0 Å². The molecule has 1 aliphatic rings.